The molecular weight excluding hydrogens is 207 g/mol. The number of nitrogens with zero attached hydrogens (tertiary/aromatic N) is 1. The first kappa shape index (κ1) is 11.5. The lowest BCUT2D eigenvalue weighted by atomic mass is 10.0. The third-order valence-electron chi connectivity index (χ3n) is 2.94. The fourth-order valence-electron chi connectivity index (χ4n) is 2.08. The topological polar surface area (TPSA) is 45.1 Å². The van der Waals surface area contributed by atoms with Crippen LogP contribution in [0.5, 0.6) is 0 Å². The average molecular weight is 224 g/mol. The molecule has 1 aliphatic heterocycles. The largest absolute Gasteiger partial charge is 0.391 e. The van der Waals surface area contributed by atoms with Gasteiger partial charge in [0.05, 0.1) is 6.10 Å². The first-order chi connectivity index (χ1) is 7.65. The number of nitrogens with one attached hydrogen (secondary N) is 1. The number of aliphatic hydroxyl groups excluding tert-OH is 1. The van der Waals surface area contributed by atoms with Gasteiger partial charge < -0.3 is 10.4 Å². The Kier molecular flexibility index (Phi) is 3.51. The normalized spacial score (nSPS) is 26.9. The van der Waals surface area contributed by atoms with Gasteiger partial charge in [-0.3, -0.25) is 4.98 Å². The van der Waals surface area contributed by atoms with Crippen LogP contribution in [-0.4, -0.2) is 35.0 Å². The minimum Gasteiger partial charge on any atom is -0.391 e. The van der Waals surface area contributed by atoms with E-state index in [1.54, 1.807) is 0 Å². The molecular formula is C12H17FN2O. The molecule has 1 fully saturated rings. The van der Waals surface area contributed by atoms with Crippen LogP contribution in [0, 0.1) is 6.92 Å². The van der Waals surface area contributed by atoms with Crippen molar-refractivity contribution in [3.8, 4) is 0 Å². The van der Waals surface area contributed by atoms with Crippen molar-refractivity contribution in [3.63, 3.8) is 0 Å². The highest BCUT2D eigenvalue weighted by atomic mass is 19.1. The van der Waals surface area contributed by atoms with E-state index >= 15 is 0 Å². The van der Waals surface area contributed by atoms with E-state index in [4.69, 9.17) is 0 Å². The number of aliphatic hydroxyl groups is 1. The van der Waals surface area contributed by atoms with Crippen LogP contribution >= 0.6 is 0 Å². The summed E-state index contributed by atoms with van der Waals surface area (Å²) in [4.78, 5) is 4.32. The molecule has 1 aliphatic rings. The fourth-order valence-corrected chi connectivity index (χ4v) is 2.08. The number of pyridine rings is 1. The van der Waals surface area contributed by atoms with Crippen molar-refractivity contribution in [2.75, 3.05) is 6.54 Å². The number of hydrogen-bond acceptors (Lipinski definition) is 3. The van der Waals surface area contributed by atoms with Gasteiger partial charge in [0.15, 0.2) is 0 Å². The van der Waals surface area contributed by atoms with Crippen molar-refractivity contribution < 1.29 is 9.50 Å². The zero-order chi connectivity index (χ0) is 11.5. The number of aryl methyl sites for hydroxylation is 1. The van der Waals surface area contributed by atoms with E-state index in [9.17, 15) is 9.50 Å². The Morgan fingerprint density at radius 3 is 3.06 bits per heavy atom. The minimum absolute atomic E-state index is 0.141. The Balaban J connectivity index is 1.94. The Labute approximate surface area is 94.7 Å². The van der Waals surface area contributed by atoms with Crippen molar-refractivity contribution >= 4 is 0 Å². The van der Waals surface area contributed by atoms with Gasteiger partial charge in [0.25, 0.3) is 0 Å². The summed E-state index contributed by atoms with van der Waals surface area (Å²) < 4.78 is 12.9. The van der Waals surface area contributed by atoms with Crippen LogP contribution in [0.25, 0.3) is 0 Å². The predicted molar refractivity (Wildman–Crippen MR) is 60.0 cm³/mol. The maximum absolute atomic E-state index is 12.9. The molecule has 0 saturated carbocycles. The van der Waals surface area contributed by atoms with Gasteiger partial charge in [0.2, 0.25) is 0 Å². The summed E-state index contributed by atoms with van der Waals surface area (Å²) >= 11 is 0. The second kappa shape index (κ2) is 4.89. The molecule has 3 atom stereocenters. The Morgan fingerprint density at radius 2 is 2.44 bits per heavy atom. The zero-order valence-electron chi connectivity index (χ0n) is 9.36. The van der Waals surface area contributed by atoms with Crippen LogP contribution < -0.4 is 5.32 Å². The van der Waals surface area contributed by atoms with E-state index in [1.165, 1.54) is 0 Å². The summed E-state index contributed by atoms with van der Waals surface area (Å²) in [5.41, 5.74) is 1.80. The van der Waals surface area contributed by atoms with E-state index in [0.29, 0.717) is 19.4 Å². The molecule has 1 aromatic rings. The van der Waals surface area contributed by atoms with E-state index in [-0.39, 0.29) is 6.04 Å². The van der Waals surface area contributed by atoms with Crippen molar-refractivity contribution in [3.05, 3.63) is 29.6 Å². The van der Waals surface area contributed by atoms with E-state index < -0.39 is 12.3 Å². The molecule has 4 heteroatoms. The van der Waals surface area contributed by atoms with Gasteiger partial charge in [-0.15, -0.1) is 0 Å². The van der Waals surface area contributed by atoms with Gasteiger partial charge >= 0.3 is 0 Å². The monoisotopic (exact) mass is 224 g/mol. The van der Waals surface area contributed by atoms with Gasteiger partial charge in [-0.25, -0.2) is 4.39 Å². The van der Waals surface area contributed by atoms with Crippen molar-refractivity contribution in [1.82, 2.24) is 10.3 Å². The van der Waals surface area contributed by atoms with Crippen LogP contribution in [0.4, 0.5) is 4.39 Å². The quantitative estimate of drug-likeness (QED) is 0.805. The van der Waals surface area contributed by atoms with Crippen LogP contribution in [0.3, 0.4) is 0 Å². The summed E-state index contributed by atoms with van der Waals surface area (Å²) in [5.74, 6) is 0. The molecule has 88 valence electrons. The minimum atomic E-state index is -0.829. The molecule has 2 N–H and O–H groups in total. The second-order valence-corrected chi connectivity index (χ2v) is 4.39. The highest BCUT2D eigenvalue weighted by Crippen LogP contribution is 2.15. The molecule has 0 unspecified atom stereocenters. The maximum Gasteiger partial charge on any atom is 0.114 e. The smallest absolute Gasteiger partial charge is 0.114 e. The summed E-state index contributed by atoms with van der Waals surface area (Å²) in [6, 6.07) is 5.58. The van der Waals surface area contributed by atoms with Gasteiger partial charge in [-0.05, 0) is 25.5 Å². The SMILES string of the molecule is Cc1cccc(C[C@@H](O)[C@H]2C[C@@H](F)CN2)n1. The van der Waals surface area contributed by atoms with Crippen LogP contribution in [-0.2, 0) is 6.42 Å². The summed E-state index contributed by atoms with van der Waals surface area (Å²) in [7, 11) is 0. The molecule has 2 rings (SSSR count). The van der Waals surface area contributed by atoms with Gasteiger partial charge in [-0.1, -0.05) is 6.07 Å². The van der Waals surface area contributed by atoms with Crippen molar-refractivity contribution in [2.45, 2.75) is 38.1 Å². The molecule has 0 bridgehead atoms. The van der Waals surface area contributed by atoms with Gasteiger partial charge in [-0.2, -0.15) is 0 Å². The number of alkyl halides is 1. The molecule has 16 heavy (non-hydrogen) atoms. The summed E-state index contributed by atoms with van der Waals surface area (Å²) in [5, 5.41) is 12.9. The summed E-state index contributed by atoms with van der Waals surface area (Å²) in [6.45, 7) is 2.27. The van der Waals surface area contributed by atoms with E-state index in [1.807, 2.05) is 25.1 Å². The molecule has 0 aromatic carbocycles. The number of hydrogen-bond donors (Lipinski definition) is 2. The molecule has 2 heterocycles. The van der Waals surface area contributed by atoms with E-state index in [2.05, 4.69) is 10.3 Å². The Bertz CT molecular complexity index is 359. The summed E-state index contributed by atoms with van der Waals surface area (Å²) in [6.07, 6.45) is -0.515. The lowest BCUT2D eigenvalue weighted by Crippen LogP contribution is -2.36. The fraction of sp³-hybridized carbons (Fsp3) is 0.583. The molecule has 0 amide bonds. The highest BCUT2D eigenvalue weighted by Gasteiger charge is 2.29. The number of rotatable bonds is 3. The zero-order valence-corrected chi connectivity index (χ0v) is 9.36. The Hall–Kier alpha value is -1.00. The molecule has 0 radical (unpaired) electrons. The highest BCUT2D eigenvalue weighted by molar-refractivity contribution is 5.11. The van der Waals surface area contributed by atoms with Gasteiger partial charge in [0, 0.05) is 30.4 Å². The lowest BCUT2D eigenvalue weighted by Gasteiger charge is -2.17. The van der Waals surface area contributed by atoms with Crippen molar-refractivity contribution in [1.29, 1.82) is 0 Å². The first-order valence-electron chi connectivity index (χ1n) is 5.63. The standard InChI is InChI=1S/C12H17FN2O/c1-8-3-2-4-10(15-8)6-12(16)11-5-9(13)7-14-11/h2-4,9,11-12,14,16H,5-7H2,1H3/t9-,11-,12-/m1/s1. The second-order valence-electron chi connectivity index (χ2n) is 4.39. The van der Waals surface area contributed by atoms with Crippen molar-refractivity contribution in [2.24, 2.45) is 0 Å². The van der Waals surface area contributed by atoms with Crippen LogP contribution in [0.1, 0.15) is 17.8 Å². The molecule has 1 aromatic heterocycles. The first-order valence-corrected chi connectivity index (χ1v) is 5.63. The van der Waals surface area contributed by atoms with Crippen LogP contribution in [0.2, 0.25) is 0 Å². The molecule has 3 nitrogen and oxygen atoms in total. The average Bonchev–Trinajstić information content (AvgIpc) is 2.65. The third kappa shape index (κ3) is 2.77. The number of halogens is 1. The van der Waals surface area contributed by atoms with E-state index in [0.717, 1.165) is 11.4 Å². The third-order valence-corrected chi connectivity index (χ3v) is 2.94. The molecule has 0 spiro atoms. The lowest BCUT2D eigenvalue weighted by molar-refractivity contribution is 0.132. The molecule has 0 aliphatic carbocycles. The number of aromatic nitrogens is 1. The maximum atomic E-state index is 12.9. The predicted octanol–water partition coefficient (Wildman–Crippen LogP) is 0.993. The van der Waals surface area contributed by atoms with Gasteiger partial charge in [0.1, 0.15) is 6.17 Å². The molecule has 1 saturated heterocycles. The Morgan fingerprint density at radius 1 is 1.62 bits per heavy atom. The van der Waals surface area contributed by atoms with Crippen LogP contribution in [0.15, 0.2) is 18.2 Å².